The van der Waals surface area contributed by atoms with Gasteiger partial charge in [0.15, 0.2) is 5.96 Å². The Hall–Kier alpha value is -1.87. The molecule has 2 heterocycles. The Kier molecular flexibility index (Phi) is 8.80. The largest absolute Gasteiger partial charge is 0.490 e. The van der Waals surface area contributed by atoms with Crippen molar-refractivity contribution < 1.29 is 13.2 Å². The van der Waals surface area contributed by atoms with Crippen LogP contribution in [-0.2, 0) is 10.0 Å². The Morgan fingerprint density at radius 2 is 2.15 bits per heavy atom. The maximum atomic E-state index is 12.2. The van der Waals surface area contributed by atoms with Crippen molar-refractivity contribution in [3.8, 4) is 5.75 Å². The van der Waals surface area contributed by atoms with E-state index in [1.165, 1.54) is 0 Å². The number of guanidine groups is 1. The molecule has 0 atom stereocenters. The van der Waals surface area contributed by atoms with E-state index in [1.807, 2.05) is 26.0 Å². The third-order valence-corrected chi connectivity index (χ3v) is 6.33. The highest BCUT2D eigenvalue weighted by molar-refractivity contribution is 7.89. The summed E-state index contributed by atoms with van der Waals surface area (Å²) in [4.78, 5) is 8.54. The van der Waals surface area contributed by atoms with Crippen molar-refractivity contribution in [2.24, 2.45) is 4.99 Å². The quantitative estimate of drug-likeness (QED) is 0.370. The predicted molar refractivity (Wildman–Crippen MR) is 108 cm³/mol. The maximum Gasteiger partial charge on any atom is 0.214 e. The molecule has 1 aliphatic heterocycles. The zero-order valence-corrected chi connectivity index (χ0v) is 17.0. The molecule has 27 heavy (non-hydrogen) atoms. The van der Waals surface area contributed by atoms with Crippen LogP contribution < -0.4 is 15.4 Å². The van der Waals surface area contributed by atoms with E-state index in [9.17, 15) is 8.42 Å². The predicted octanol–water partition coefficient (Wildman–Crippen LogP) is 1.22. The Bertz CT molecular complexity index is 673. The van der Waals surface area contributed by atoms with Crippen LogP contribution in [0, 0.1) is 0 Å². The molecular formula is C18H31N5O3S. The molecule has 1 aliphatic rings. The highest BCUT2D eigenvalue weighted by Crippen LogP contribution is 2.15. The lowest BCUT2D eigenvalue weighted by Gasteiger charge is -2.32. The van der Waals surface area contributed by atoms with E-state index in [2.05, 4.69) is 20.6 Å². The first-order valence-electron chi connectivity index (χ1n) is 9.60. The van der Waals surface area contributed by atoms with Gasteiger partial charge in [-0.1, -0.05) is 6.92 Å². The Balaban J connectivity index is 1.78. The number of ether oxygens (including phenoxy) is 1. The molecule has 0 aromatic carbocycles. The van der Waals surface area contributed by atoms with Crippen molar-refractivity contribution in [1.82, 2.24) is 19.9 Å². The van der Waals surface area contributed by atoms with Gasteiger partial charge in [0, 0.05) is 31.9 Å². The van der Waals surface area contributed by atoms with Crippen molar-refractivity contribution in [2.45, 2.75) is 39.2 Å². The summed E-state index contributed by atoms with van der Waals surface area (Å²) in [5.41, 5.74) is 0. The number of piperidine rings is 1. The van der Waals surface area contributed by atoms with Crippen LogP contribution in [0.3, 0.4) is 0 Å². The third-order valence-electron chi connectivity index (χ3n) is 4.26. The Morgan fingerprint density at radius 3 is 2.78 bits per heavy atom. The lowest BCUT2D eigenvalue weighted by molar-refractivity contribution is 0.305. The van der Waals surface area contributed by atoms with Gasteiger partial charge in [-0.2, -0.15) is 0 Å². The average molecular weight is 398 g/mol. The average Bonchev–Trinajstić information content (AvgIpc) is 2.66. The van der Waals surface area contributed by atoms with Crippen LogP contribution in [0.15, 0.2) is 29.5 Å². The van der Waals surface area contributed by atoms with Gasteiger partial charge in [-0.15, -0.1) is 0 Å². The van der Waals surface area contributed by atoms with E-state index in [0.717, 1.165) is 31.1 Å². The number of aromatic nitrogens is 1. The second-order valence-corrected chi connectivity index (χ2v) is 8.52. The highest BCUT2D eigenvalue weighted by Gasteiger charge is 2.27. The molecular weight excluding hydrogens is 366 g/mol. The molecule has 0 aliphatic carbocycles. The number of rotatable bonds is 9. The van der Waals surface area contributed by atoms with Gasteiger partial charge < -0.3 is 15.4 Å². The van der Waals surface area contributed by atoms with Crippen LogP contribution in [0.2, 0.25) is 0 Å². The van der Waals surface area contributed by atoms with Crippen molar-refractivity contribution in [1.29, 1.82) is 0 Å². The number of hydrogen-bond donors (Lipinski definition) is 2. The molecule has 0 unspecified atom stereocenters. The first-order valence-corrected chi connectivity index (χ1v) is 11.2. The van der Waals surface area contributed by atoms with Gasteiger partial charge in [0.2, 0.25) is 10.0 Å². The number of sulfonamides is 1. The van der Waals surface area contributed by atoms with E-state index in [4.69, 9.17) is 4.74 Å². The monoisotopic (exact) mass is 397 g/mol. The lowest BCUT2D eigenvalue weighted by atomic mass is 10.1. The molecule has 0 amide bonds. The zero-order chi connectivity index (χ0) is 19.5. The van der Waals surface area contributed by atoms with Gasteiger partial charge in [0.05, 0.1) is 18.5 Å². The molecule has 2 rings (SSSR count). The molecule has 1 aromatic rings. The van der Waals surface area contributed by atoms with E-state index in [0.29, 0.717) is 32.7 Å². The summed E-state index contributed by atoms with van der Waals surface area (Å²) in [5.74, 6) is 1.69. The molecule has 2 N–H and O–H groups in total. The summed E-state index contributed by atoms with van der Waals surface area (Å²) in [5, 5.41) is 6.64. The summed E-state index contributed by atoms with van der Waals surface area (Å²) >= 11 is 0. The smallest absolute Gasteiger partial charge is 0.214 e. The zero-order valence-electron chi connectivity index (χ0n) is 16.2. The molecule has 1 aromatic heterocycles. The van der Waals surface area contributed by atoms with Crippen LogP contribution in [0.4, 0.5) is 0 Å². The van der Waals surface area contributed by atoms with Gasteiger partial charge in [-0.25, -0.2) is 17.7 Å². The fourth-order valence-corrected chi connectivity index (χ4v) is 4.47. The van der Waals surface area contributed by atoms with Crippen molar-refractivity contribution in [2.75, 3.05) is 38.5 Å². The summed E-state index contributed by atoms with van der Waals surface area (Å²) in [7, 11) is -3.10. The third kappa shape index (κ3) is 7.34. The van der Waals surface area contributed by atoms with Crippen molar-refractivity contribution >= 4 is 16.0 Å². The van der Waals surface area contributed by atoms with Crippen LogP contribution in [-0.4, -0.2) is 68.2 Å². The number of hydrogen-bond acceptors (Lipinski definition) is 5. The standard InChI is InChI=1S/C18H31N5O3S/c1-3-14-27(24,25)23-11-7-16(8-12-23)22-18(20-4-2)21-10-13-26-17-6-5-9-19-15-17/h5-6,9,15-16H,3-4,7-8,10-14H2,1-2H3,(H2,20,21,22). The van der Waals surface area contributed by atoms with Crippen LogP contribution in [0.25, 0.3) is 0 Å². The van der Waals surface area contributed by atoms with E-state index in [-0.39, 0.29) is 11.8 Å². The first-order chi connectivity index (χ1) is 13.0. The van der Waals surface area contributed by atoms with Gasteiger partial charge in [-0.3, -0.25) is 4.98 Å². The van der Waals surface area contributed by atoms with Crippen LogP contribution in [0.1, 0.15) is 33.1 Å². The Morgan fingerprint density at radius 1 is 1.37 bits per heavy atom. The van der Waals surface area contributed by atoms with Crippen molar-refractivity contribution in [3.63, 3.8) is 0 Å². The molecule has 9 heteroatoms. The summed E-state index contributed by atoms with van der Waals surface area (Å²) in [6.45, 7) is 6.78. The molecule has 1 fully saturated rings. The molecule has 152 valence electrons. The number of nitrogens with one attached hydrogen (secondary N) is 2. The second kappa shape index (κ2) is 11.1. The van der Waals surface area contributed by atoms with E-state index in [1.54, 1.807) is 16.7 Å². The first kappa shape index (κ1) is 21.4. The highest BCUT2D eigenvalue weighted by atomic mass is 32.2. The minimum atomic E-state index is -3.10. The van der Waals surface area contributed by atoms with Gasteiger partial charge in [0.1, 0.15) is 12.4 Å². The minimum absolute atomic E-state index is 0.218. The van der Waals surface area contributed by atoms with Crippen LogP contribution in [0.5, 0.6) is 5.75 Å². The fraction of sp³-hybridized carbons (Fsp3) is 0.667. The number of nitrogens with zero attached hydrogens (tertiary/aromatic N) is 3. The molecule has 0 radical (unpaired) electrons. The molecule has 0 saturated carbocycles. The second-order valence-electron chi connectivity index (χ2n) is 6.43. The van der Waals surface area contributed by atoms with E-state index < -0.39 is 10.0 Å². The molecule has 1 saturated heterocycles. The summed E-state index contributed by atoms with van der Waals surface area (Å²) in [6.07, 6.45) is 5.59. The summed E-state index contributed by atoms with van der Waals surface area (Å²) in [6, 6.07) is 3.91. The molecule has 0 bridgehead atoms. The summed E-state index contributed by atoms with van der Waals surface area (Å²) < 4.78 is 31.5. The van der Waals surface area contributed by atoms with Crippen LogP contribution >= 0.6 is 0 Å². The minimum Gasteiger partial charge on any atom is -0.490 e. The van der Waals surface area contributed by atoms with Gasteiger partial charge in [0.25, 0.3) is 0 Å². The molecule has 8 nitrogen and oxygen atoms in total. The molecule has 0 spiro atoms. The fourth-order valence-electron chi connectivity index (χ4n) is 2.93. The van der Waals surface area contributed by atoms with E-state index >= 15 is 0 Å². The number of pyridine rings is 1. The lowest BCUT2D eigenvalue weighted by Crippen LogP contribution is -2.50. The Labute approximate surface area is 162 Å². The SMILES string of the molecule is CCCS(=O)(=O)N1CCC(NC(=NCCOc2cccnc2)NCC)CC1. The van der Waals surface area contributed by atoms with Gasteiger partial charge in [-0.05, 0) is 38.3 Å². The maximum absolute atomic E-state index is 12.2. The van der Waals surface area contributed by atoms with Gasteiger partial charge >= 0.3 is 0 Å². The normalized spacial score (nSPS) is 16.9. The number of aliphatic imine (C=N–C) groups is 1. The topological polar surface area (TPSA) is 95.9 Å². The van der Waals surface area contributed by atoms with Crippen molar-refractivity contribution in [3.05, 3.63) is 24.5 Å².